The molecule has 92 valence electrons. The molecule has 4 nitrogen and oxygen atoms in total. The average Bonchev–Trinajstić information content (AvgIpc) is 2.86. The summed E-state index contributed by atoms with van der Waals surface area (Å²) in [5.41, 5.74) is -0.924. The van der Waals surface area contributed by atoms with Crippen LogP contribution in [0, 0.1) is 5.41 Å². The SMILES string of the molecule is CC1(C(=O)NCC2(O)CCCC2)CCNC1. The topological polar surface area (TPSA) is 61.4 Å². The van der Waals surface area contributed by atoms with E-state index in [1.807, 2.05) is 6.92 Å². The minimum Gasteiger partial charge on any atom is -0.388 e. The lowest BCUT2D eigenvalue weighted by Crippen LogP contribution is -2.47. The van der Waals surface area contributed by atoms with Crippen molar-refractivity contribution in [1.29, 1.82) is 0 Å². The molecule has 1 unspecified atom stereocenters. The number of amides is 1. The van der Waals surface area contributed by atoms with Gasteiger partial charge in [-0.25, -0.2) is 0 Å². The molecule has 1 heterocycles. The zero-order valence-corrected chi connectivity index (χ0v) is 10.0. The number of hydrogen-bond donors (Lipinski definition) is 3. The molecular weight excluding hydrogens is 204 g/mol. The largest absolute Gasteiger partial charge is 0.388 e. The molecule has 0 aromatic carbocycles. The molecule has 4 heteroatoms. The Morgan fingerprint density at radius 3 is 2.62 bits per heavy atom. The summed E-state index contributed by atoms with van der Waals surface area (Å²) in [6.07, 6.45) is 4.68. The van der Waals surface area contributed by atoms with Crippen LogP contribution < -0.4 is 10.6 Å². The molecular formula is C12H22N2O2. The highest BCUT2D eigenvalue weighted by atomic mass is 16.3. The quantitative estimate of drug-likeness (QED) is 0.653. The predicted molar refractivity (Wildman–Crippen MR) is 62.0 cm³/mol. The summed E-state index contributed by atoms with van der Waals surface area (Å²) in [6, 6.07) is 0. The molecule has 2 rings (SSSR count). The van der Waals surface area contributed by atoms with Crippen LogP contribution in [0.1, 0.15) is 39.0 Å². The fourth-order valence-electron chi connectivity index (χ4n) is 2.68. The average molecular weight is 226 g/mol. The maximum Gasteiger partial charge on any atom is 0.227 e. The van der Waals surface area contributed by atoms with Crippen LogP contribution in [-0.4, -0.2) is 36.2 Å². The van der Waals surface area contributed by atoms with Gasteiger partial charge in [-0.3, -0.25) is 4.79 Å². The van der Waals surface area contributed by atoms with Crippen LogP contribution >= 0.6 is 0 Å². The summed E-state index contributed by atoms with van der Waals surface area (Å²) in [6.45, 7) is 4.06. The van der Waals surface area contributed by atoms with E-state index in [2.05, 4.69) is 10.6 Å². The van der Waals surface area contributed by atoms with Crippen LogP contribution in [0.2, 0.25) is 0 Å². The molecule has 1 amide bonds. The highest BCUT2D eigenvalue weighted by Crippen LogP contribution is 2.29. The molecule has 1 saturated carbocycles. The summed E-state index contributed by atoms with van der Waals surface area (Å²) in [7, 11) is 0. The Hall–Kier alpha value is -0.610. The van der Waals surface area contributed by atoms with Gasteiger partial charge in [-0.15, -0.1) is 0 Å². The van der Waals surface area contributed by atoms with Crippen molar-refractivity contribution in [2.24, 2.45) is 5.41 Å². The van der Waals surface area contributed by atoms with Gasteiger partial charge in [0.15, 0.2) is 0 Å². The molecule has 1 aliphatic carbocycles. The maximum atomic E-state index is 12.0. The van der Waals surface area contributed by atoms with Crippen molar-refractivity contribution in [3.8, 4) is 0 Å². The van der Waals surface area contributed by atoms with E-state index in [-0.39, 0.29) is 11.3 Å². The summed E-state index contributed by atoms with van der Waals surface area (Å²) in [5.74, 6) is 0.0813. The molecule has 1 atom stereocenters. The standard InChI is InChI=1S/C12H22N2O2/c1-11(6-7-13-8-11)10(15)14-9-12(16)4-2-3-5-12/h13,16H,2-9H2,1H3,(H,14,15). The number of carbonyl (C=O) groups is 1. The zero-order chi connectivity index (χ0) is 11.6. The first-order valence-electron chi connectivity index (χ1n) is 6.26. The number of hydrogen-bond acceptors (Lipinski definition) is 3. The van der Waals surface area contributed by atoms with Gasteiger partial charge < -0.3 is 15.7 Å². The summed E-state index contributed by atoms with van der Waals surface area (Å²) in [5, 5.41) is 16.3. The Morgan fingerprint density at radius 2 is 2.06 bits per heavy atom. The summed E-state index contributed by atoms with van der Waals surface area (Å²) < 4.78 is 0. The number of nitrogens with one attached hydrogen (secondary N) is 2. The second kappa shape index (κ2) is 4.34. The third-order valence-electron chi connectivity index (χ3n) is 4.03. The first kappa shape index (κ1) is 11.9. The van der Waals surface area contributed by atoms with E-state index in [4.69, 9.17) is 0 Å². The van der Waals surface area contributed by atoms with Crippen molar-refractivity contribution in [2.45, 2.75) is 44.6 Å². The van der Waals surface area contributed by atoms with Gasteiger partial charge in [0.2, 0.25) is 5.91 Å². The Morgan fingerprint density at radius 1 is 1.38 bits per heavy atom. The smallest absolute Gasteiger partial charge is 0.227 e. The van der Waals surface area contributed by atoms with Crippen LogP contribution in [0.4, 0.5) is 0 Å². The van der Waals surface area contributed by atoms with Crippen molar-refractivity contribution >= 4 is 5.91 Å². The molecule has 0 radical (unpaired) electrons. The van der Waals surface area contributed by atoms with Gasteiger partial charge in [0.1, 0.15) is 0 Å². The number of aliphatic hydroxyl groups is 1. The van der Waals surface area contributed by atoms with Crippen molar-refractivity contribution < 1.29 is 9.90 Å². The molecule has 0 spiro atoms. The zero-order valence-electron chi connectivity index (χ0n) is 10.0. The lowest BCUT2D eigenvalue weighted by Gasteiger charge is -2.27. The van der Waals surface area contributed by atoms with E-state index in [0.29, 0.717) is 6.54 Å². The molecule has 16 heavy (non-hydrogen) atoms. The van der Waals surface area contributed by atoms with Crippen molar-refractivity contribution in [2.75, 3.05) is 19.6 Å². The van der Waals surface area contributed by atoms with E-state index >= 15 is 0 Å². The second-order valence-electron chi connectivity index (χ2n) is 5.60. The van der Waals surface area contributed by atoms with Gasteiger partial charge >= 0.3 is 0 Å². The van der Waals surface area contributed by atoms with Crippen molar-refractivity contribution in [3.05, 3.63) is 0 Å². The van der Waals surface area contributed by atoms with Gasteiger partial charge in [-0.05, 0) is 32.7 Å². The van der Waals surface area contributed by atoms with Crippen LogP contribution in [0.3, 0.4) is 0 Å². The summed E-state index contributed by atoms with van der Waals surface area (Å²) in [4.78, 5) is 12.0. The highest BCUT2D eigenvalue weighted by molar-refractivity contribution is 5.82. The molecule has 0 aromatic rings. The van der Waals surface area contributed by atoms with Crippen LogP contribution in [-0.2, 0) is 4.79 Å². The van der Waals surface area contributed by atoms with Gasteiger partial charge in [0, 0.05) is 13.1 Å². The van der Waals surface area contributed by atoms with Gasteiger partial charge in [0.25, 0.3) is 0 Å². The Kier molecular flexibility index (Phi) is 3.22. The van der Waals surface area contributed by atoms with Gasteiger partial charge in [0.05, 0.1) is 11.0 Å². The Balaban J connectivity index is 1.83. The van der Waals surface area contributed by atoms with Crippen LogP contribution in [0.5, 0.6) is 0 Å². The molecule has 3 N–H and O–H groups in total. The van der Waals surface area contributed by atoms with Crippen LogP contribution in [0.15, 0.2) is 0 Å². The second-order valence-corrected chi connectivity index (χ2v) is 5.60. The number of rotatable bonds is 3. The molecule has 1 aliphatic heterocycles. The lowest BCUT2D eigenvalue weighted by molar-refractivity contribution is -0.130. The van der Waals surface area contributed by atoms with E-state index in [1.165, 1.54) is 0 Å². The fourth-order valence-corrected chi connectivity index (χ4v) is 2.68. The van der Waals surface area contributed by atoms with Crippen molar-refractivity contribution in [1.82, 2.24) is 10.6 Å². The van der Waals surface area contributed by atoms with E-state index in [1.54, 1.807) is 0 Å². The van der Waals surface area contributed by atoms with E-state index in [9.17, 15) is 9.90 Å². The third-order valence-corrected chi connectivity index (χ3v) is 4.03. The molecule has 2 fully saturated rings. The highest BCUT2D eigenvalue weighted by Gasteiger charge is 2.38. The van der Waals surface area contributed by atoms with E-state index < -0.39 is 5.60 Å². The third kappa shape index (κ3) is 2.38. The summed E-state index contributed by atoms with van der Waals surface area (Å²) >= 11 is 0. The van der Waals surface area contributed by atoms with Gasteiger partial charge in [-0.2, -0.15) is 0 Å². The van der Waals surface area contributed by atoms with E-state index in [0.717, 1.165) is 45.2 Å². The fraction of sp³-hybridized carbons (Fsp3) is 0.917. The predicted octanol–water partition coefficient (Wildman–Crippen LogP) is 0.407. The molecule has 1 saturated heterocycles. The normalized spacial score (nSPS) is 32.9. The monoisotopic (exact) mass is 226 g/mol. The lowest BCUT2D eigenvalue weighted by atomic mass is 9.88. The van der Waals surface area contributed by atoms with Crippen molar-refractivity contribution in [3.63, 3.8) is 0 Å². The molecule has 0 aromatic heterocycles. The van der Waals surface area contributed by atoms with Gasteiger partial charge in [-0.1, -0.05) is 12.8 Å². The first-order chi connectivity index (χ1) is 7.54. The minimum absolute atomic E-state index is 0.0813. The molecule has 2 aliphatic rings. The maximum absolute atomic E-state index is 12.0. The van der Waals surface area contributed by atoms with Crippen LogP contribution in [0.25, 0.3) is 0 Å². The first-order valence-corrected chi connectivity index (χ1v) is 6.26. The Bertz CT molecular complexity index is 266. The molecule has 0 bridgehead atoms. The minimum atomic E-state index is -0.641. The number of carbonyl (C=O) groups excluding carboxylic acids is 1. The Labute approximate surface area is 96.8 Å².